The van der Waals surface area contributed by atoms with E-state index < -0.39 is 6.10 Å². The molecular weight excluding hydrogens is 346 g/mol. The van der Waals surface area contributed by atoms with Crippen LogP contribution in [0, 0.1) is 0 Å². The number of aryl methyl sites for hydroxylation is 1. The molecule has 0 aliphatic rings. The SMILES string of the molecule is CCc1ccccc1OC(C)C(=O)NCc1cc(OC)c(OC)c(OC)c1. The highest BCUT2D eigenvalue weighted by molar-refractivity contribution is 5.80. The number of para-hydroxylation sites is 1. The largest absolute Gasteiger partial charge is 0.493 e. The lowest BCUT2D eigenvalue weighted by Gasteiger charge is -2.18. The molecule has 0 radical (unpaired) electrons. The monoisotopic (exact) mass is 373 g/mol. The number of benzene rings is 2. The Kier molecular flexibility index (Phi) is 7.34. The molecule has 0 heterocycles. The Labute approximate surface area is 160 Å². The van der Waals surface area contributed by atoms with Crippen LogP contribution in [0.25, 0.3) is 0 Å². The van der Waals surface area contributed by atoms with E-state index in [4.69, 9.17) is 18.9 Å². The molecule has 0 saturated heterocycles. The second-order valence-electron chi connectivity index (χ2n) is 5.97. The third-order valence-corrected chi connectivity index (χ3v) is 4.22. The normalized spacial score (nSPS) is 11.4. The first kappa shape index (κ1) is 20.4. The van der Waals surface area contributed by atoms with Gasteiger partial charge >= 0.3 is 0 Å². The molecule has 0 fully saturated rings. The molecule has 1 unspecified atom stereocenters. The lowest BCUT2D eigenvalue weighted by Crippen LogP contribution is -2.36. The van der Waals surface area contributed by atoms with Crippen LogP contribution in [-0.2, 0) is 17.8 Å². The molecule has 1 N–H and O–H groups in total. The van der Waals surface area contributed by atoms with E-state index in [-0.39, 0.29) is 5.91 Å². The Balaban J connectivity index is 2.04. The zero-order valence-electron chi connectivity index (χ0n) is 16.5. The highest BCUT2D eigenvalue weighted by Gasteiger charge is 2.17. The van der Waals surface area contributed by atoms with Gasteiger partial charge in [-0.1, -0.05) is 25.1 Å². The van der Waals surface area contributed by atoms with Gasteiger partial charge in [0.2, 0.25) is 5.75 Å². The molecule has 6 nitrogen and oxygen atoms in total. The van der Waals surface area contributed by atoms with Crippen LogP contribution in [0.1, 0.15) is 25.0 Å². The highest BCUT2D eigenvalue weighted by atomic mass is 16.5. The average molecular weight is 373 g/mol. The highest BCUT2D eigenvalue weighted by Crippen LogP contribution is 2.38. The number of methoxy groups -OCH3 is 3. The zero-order chi connectivity index (χ0) is 19.8. The minimum Gasteiger partial charge on any atom is -0.493 e. The second-order valence-corrected chi connectivity index (χ2v) is 5.97. The minimum atomic E-state index is -0.611. The van der Waals surface area contributed by atoms with Crippen molar-refractivity contribution in [2.24, 2.45) is 0 Å². The summed E-state index contributed by atoms with van der Waals surface area (Å²) in [4.78, 5) is 12.4. The number of nitrogens with one attached hydrogen (secondary N) is 1. The molecule has 6 heteroatoms. The number of hydrogen-bond acceptors (Lipinski definition) is 5. The molecule has 2 aromatic rings. The first-order chi connectivity index (χ1) is 13.0. The first-order valence-corrected chi connectivity index (χ1v) is 8.85. The van der Waals surface area contributed by atoms with Gasteiger partial charge in [-0.25, -0.2) is 0 Å². The fourth-order valence-corrected chi connectivity index (χ4v) is 2.73. The maximum Gasteiger partial charge on any atom is 0.261 e. The van der Waals surface area contributed by atoms with E-state index >= 15 is 0 Å². The minimum absolute atomic E-state index is 0.199. The van der Waals surface area contributed by atoms with E-state index in [0.29, 0.717) is 23.8 Å². The van der Waals surface area contributed by atoms with Crippen molar-refractivity contribution in [2.75, 3.05) is 21.3 Å². The second kappa shape index (κ2) is 9.71. The molecule has 0 aromatic heterocycles. The fraction of sp³-hybridized carbons (Fsp3) is 0.381. The summed E-state index contributed by atoms with van der Waals surface area (Å²) in [6.07, 6.45) is 0.232. The van der Waals surface area contributed by atoms with Crippen LogP contribution in [0.15, 0.2) is 36.4 Å². The van der Waals surface area contributed by atoms with Crippen molar-refractivity contribution >= 4 is 5.91 Å². The summed E-state index contributed by atoms with van der Waals surface area (Å²) in [5.41, 5.74) is 1.90. The number of carbonyl (C=O) groups is 1. The Bertz CT molecular complexity index is 750. The lowest BCUT2D eigenvalue weighted by molar-refractivity contribution is -0.127. The number of ether oxygens (including phenoxy) is 4. The smallest absolute Gasteiger partial charge is 0.261 e. The predicted octanol–water partition coefficient (Wildman–Crippen LogP) is 3.36. The van der Waals surface area contributed by atoms with Crippen molar-refractivity contribution in [3.63, 3.8) is 0 Å². The van der Waals surface area contributed by atoms with Gasteiger partial charge in [-0.2, -0.15) is 0 Å². The van der Waals surface area contributed by atoms with Crippen molar-refractivity contribution in [2.45, 2.75) is 32.9 Å². The zero-order valence-corrected chi connectivity index (χ0v) is 16.5. The van der Waals surface area contributed by atoms with Crippen molar-refractivity contribution in [3.05, 3.63) is 47.5 Å². The Morgan fingerprint density at radius 3 is 2.19 bits per heavy atom. The summed E-state index contributed by atoms with van der Waals surface area (Å²) >= 11 is 0. The van der Waals surface area contributed by atoms with Crippen LogP contribution in [0.3, 0.4) is 0 Å². The number of hydrogen-bond donors (Lipinski definition) is 1. The molecule has 146 valence electrons. The van der Waals surface area contributed by atoms with E-state index in [1.54, 1.807) is 40.4 Å². The Hall–Kier alpha value is -2.89. The molecule has 0 aliphatic heterocycles. The van der Waals surface area contributed by atoms with Gasteiger partial charge in [0.25, 0.3) is 5.91 Å². The van der Waals surface area contributed by atoms with Crippen LogP contribution < -0.4 is 24.3 Å². The maximum absolute atomic E-state index is 12.4. The molecule has 0 saturated carbocycles. The quantitative estimate of drug-likeness (QED) is 0.730. The van der Waals surface area contributed by atoms with Crippen LogP contribution in [0.2, 0.25) is 0 Å². The standard InChI is InChI=1S/C21H27NO5/c1-6-16-9-7-8-10-17(16)27-14(2)21(23)22-13-15-11-18(24-3)20(26-5)19(12-15)25-4/h7-12,14H,6,13H2,1-5H3,(H,22,23). The molecule has 1 atom stereocenters. The van der Waals surface area contributed by atoms with Crippen LogP contribution in [-0.4, -0.2) is 33.3 Å². The van der Waals surface area contributed by atoms with E-state index in [1.165, 1.54) is 0 Å². The van der Waals surface area contributed by atoms with Crippen LogP contribution in [0.4, 0.5) is 0 Å². The van der Waals surface area contributed by atoms with Gasteiger partial charge in [0.15, 0.2) is 17.6 Å². The van der Waals surface area contributed by atoms with Gasteiger partial charge in [0.05, 0.1) is 21.3 Å². The summed E-state index contributed by atoms with van der Waals surface area (Å²) in [7, 11) is 4.66. The average Bonchev–Trinajstić information content (AvgIpc) is 2.71. The van der Waals surface area contributed by atoms with Crippen molar-refractivity contribution < 1.29 is 23.7 Å². The molecule has 2 aromatic carbocycles. The van der Waals surface area contributed by atoms with Gasteiger partial charge in [0, 0.05) is 6.54 Å². The maximum atomic E-state index is 12.4. The number of carbonyl (C=O) groups excluding carboxylic acids is 1. The van der Waals surface area contributed by atoms with Gasteiger partial charge in [-0.05, 0) is 42.7 Å². The van der Waals surface area contributed by atoms with E-state index in [2.05, 4.69) is 12.2 Å². The van der Waals surface area contributed by atoms with Gasteiger partial charge < -0.3 is 24.3 Å². The summed E-state index contributed by atoms with van der Waals surface area (Å²) < 4.78 is 21.8. The predicted molar refractivity (Wildman–Crippen MR) is 104 cm³/mol. The first-order valence-electron chi connectivity index (χ1n) is 8.85. The molecule has 0 bridgehead atoms. The molecule has 2 rings (SSSR count). The summed E-state index contributed by atoms with van der Waals surface area (Å²) in [6, 6.07) is 11.3. The van der Waals surface area contributed by atoms with Gasteiger partial charge in [-0.15, -0.1) is 0 Å². The van der Waals surface area contributed by atoms with Gasteiger partial charge in [0.1, 0.15) is 5.75 Å². The molecule has 1 amide bonds. The van der Waals surface area contributed by atoms with Crippen molar-refractivity contribution in [1.82, 2.24) is 5.32 Å². The molecular formula is C21H27NO5. The summed E-state index contributed by atoms with van der Waals surface area (Å²) in [6.45, 7) is 4.10. The van der Waals surface area contributed by atoms with Gasteiger partial charge in [-0.3, -0.25) is 4.79 Å². The van der Waals surface area contributed by atoms with Crippen LogP contribution in [0.5, 0.6) is 23.0 Å². The van der Waals surface area contributed by atoms with Crippen molar-refractivity contribution in [3.8, 4) is 23.0 Å². The van der Waals surface area contributed by atoms with Crippen molar-refractivity contribution in [1.29, 1.82) is 0 Å². The molecule has 0 spiro atoms. The Morgan fingerprint density at radius 1 is 1.00 bits per heavy atom. The fourth-order valence-electron chi connectivity index (χ4n) is 2.73. The third-order valence-electron chi connectivity index (χ3n) is 4.22. The van der Waals surface area contributed by atoms with Crippen LogP contribution >= 0.6 is 0 Å². The van der Waals surface area contributed by atoms with E-state index in [1.807, 2.05) is 24.3 Å². The number of amides is 1. The summed E-state index contributed by atoms with van der Waals surface area (Å²) in [5, 5.41) is 2.88. The van der Waals surface area contributed by atoms with E-state index in [9.17, 15) is 4.79 Å². The third kappa shape index (κ3) is 5.06. The number of rotatable bonds is 9. The van der Waals surface area contributed by atoms with E-state index in [0.717, 1.165) is 23.3 Å². The summed E-state index contributed by atoms with van der Waals surface area (Å²) in [5.74, 6) is 2.14. The topological polar surface area (TPSA) is 66.0 Å². The Morgan fingerprint density at radius 2 is 1.63 bits per heavy atom. The molecule has 27 heavy (non-hydrogen) atoms. The lowest BCUT2D eigenvalue weighted by atomic mass is 10.1. The molecule has 0 aliphatic carbocycles.